The maximum atomic E-state index is 13.9. The van der Waals surface area contributed by atoms with Gasteiger partial charge >= 0.3 is 115 Å². The van der Waals surface area contributed by atoms with Gasteiger partial charge in [-0.1, -0.05) is 0 Å². The molecule has 100 valence electrons. The van der Waals surface area contributed by atoms with E-state index in [-0.39, 0.29) is 11.1 Å². The molecule has 1 aliphatic heterocycles. The van der Waals surface area contributed by atoms with Crippen molar-refractivity contribution in [3.8, 4) is 0 Å². The van der Waals surface area contributed by atoms with Gasteiger partial charge in [0.2, 0.25) is 0 Å². The molecule has 1 unspecified atom stereocenters. The molecule has 0 radical (unpaired) electrons. The summed E-state index contributed by atoms with van der Waals surface area (Å²) in [5.74, 6) is 0. The second-order valence-corrected chi connectivity index (χ2v) is 7.54. The van der Waals surface area contributed by atoms with Crippen molar-refractivity contribution in [1.29, 1.82) is 0 Å². The van der Waals surface area contributed by atoms with Crippen molar-refractivity contribution >= 4 is 30.9 Å². The first kappa shape index (κ1) is 13.9. The summed E-state index contributed by atoms with van der Waals surface area (Å²) in [6, 6.07) is 0. The van der Waals surface area contributed by atoms with Gasteiger partial charge in [0.25, 0.3) is 0 Å². The zero-order valence-corrected chi connectivity index (χ0v) is 12.2. The summed E-state index contributed by atoms with van der Waals surface area (Å²) in [4.78, 5) is 23.5. The predicted octanol–water partition coefficient (Wildman–Crippen LogP) is -1.00. The molecule has 9 heteroatoms. The molecule has 0 saturated carbocycles. The van der Waals surface area contributed by atoms with Gasteiger partial charge in [0, 0.05) is 0 Å². The van der Waals surface area contributed by atoms with Crippen LogP contribution in [0, 0.1) is 0 Å². The molecule has 1 aromatic rings. The van der Waals surface area contributed by atoms with Gasteiger partial charge in [-0.25, -0.2) is 0 Å². The van der Waals surface area contributed by atoms with E-state index in [1.54, 1.807) is 0 Å². The molecule has 3 N–H and O–H groups in total. The van der Waals surface area contributed by atoms with Crippen LogP contribution in [0.2, 0.25) is 4.82 Å². The number of hydrogen-bond donors (Lipinski definition) is 3. The number of nitrogens with one attached hydrogen (secondary N) is 1. The molecule has 1 aromatic heterocycles. The first-order valence-corrected chi connectivity index (χ1v) is 7.82. The van der Waals surface area contributed by atoms with Crippen LogP contribution in [0.15, 0.2) is 20.3 Å². The molecule has 1 aliphatic rings. The van der Waals surface area contributed by atoms with Crippen LogP contribution in [-0.4, -0.2) is 53.6 Å². The summed E-state index contributed by atoms with van der Waals surface area (Å²) in [5, 5.41) is 18.6. The monoisotopic (exact) mass is 388 g/mol. The van der Waals surface area contributed by atoms with Gasteiger partial charge < -0.3 is 0 Å². The Morgan fingerprint density at radius 1 is 1.56 bits per heavy atom. The van der Waals surface area contributed by atoms with E-state index in [0.717, 1.165) is 4.57 Å². The summed E-state index contributed by atoms with van der Waals surface area (Å²) in [6.45, 7) is -0.322. The van der Waals surface area contributed by atoms with Crippen molar-refractivity contribution < 1.29 is 14.6 Å². The van der Waals surface area contributed by atoms with E-state index in [1.165, 1.54) is 6.20 Å². The van der Waals surface area contributed by atoms with Crippen molar-refractivity contribution in [3.63, 3.8) is 0 Å². The maximum absolute atomic E-state index is 13.9. The summed E-state index contributed by atoms with van der Waals surface area (Å²) in [5.41, 5.74) is -1.31. The summed E-state index contributed by atoms with van der Waals surface area (Å²) >= 11 is 2.49. The molecule has 1 fully saturated rings. The Balaban J connectivity index is 2.42. The Hall–Kier alpha value is -0.471. The van der Waals surface area contributed by atoms with Crippen molar-refractivity contribution in [2.45, 2.75) is 22.0 Å². The third-order valence-corrected chi connectivity index (χ3v) is 6.48. The van der Waals surface area contributed by atoms with Crippen LogP contribution < -0.4 is 11.2 Å². The molecule has 0 aromatic carbocycles. The number of aliphatic hydroxyl groups is 2. The number of alkyl halides is 1. The first-order chi connectivity index (χ1) is 8.45. The zero-order chi connectivity index (χ0) is 13.4. The van der Waals surface area contributed by atoms with E-state index in [9.17, 15) is 19.1 Å². The van der Waals surface area contributed by atoms with Gasteiger partial charge in [-0.2, -0.15) is 0 Å². The van der Waals surface area contributed by atoms with E-state index < -0.39 is 48.2 Å². The number of halogens is 2. The van der Waals surface area contributed by atoms with Gasteiger partial charge in [-0.05, 0) is 0 Å². The van der Waals surface area contributed by atoms with Crippen molar-refractivity contribution in [3.05, 3.63) is 31.5 Å². The topological polar surface area (TPSA) is 95.3 Å². The molecular weight excluding hydrogens is 378 g/mol. The SMILES string of the molecule is O=c1[nH]c(=O)n(C2[Se][C@H](CO)[C@@H](O)[C@@H]2F)cc1Br. The summed E-state index contributed by atoms with van der Waals surface area (Å²) < 4.78 is 15.1. The van der Waals surface area contributed by atoms with Crippen molar-refractivity contribution in [2.24, 2.45) is 0 Å². The molecule has 1 saturated heterocycles. The van der Waals surface area contributed by atoms with E-state index in [2.05, 4.69) is 20.9 Å². The van der Waals surface area contributed by atoms with E-state index in [1.807, 2.05) is 0 Å². The minimum absolute atomic E-state index is 0.118. The molecule has 4 atom stereocenters. The molecule has 0 amide bonds. The summed E-state index contributed by atoms with van der Waals surface area (Å²) in [6.07, 6.45) is -1.69. The standard InChI is InChI=1S/C9H10BrFN2O4Se/c10-3-1-13(9(17)12-7(3)16)8-5(11)6(15)4(2-14)18-8/h1,4-6,8,14-15H,2H2,(H,12,16,17)/t4-,5+,6-,8?/m1/s1. The van der Waals surface area contributed by atoms with E-state index in [4.69, 9.17) is 5.11 Å². The molecule has 2 rings (SSSR count). The number of rotatable bonds is 2. The number of nitrogens with zero attached hydrogens (tertiary/aromatic N) is 1. The van der Waals surface area contributed by atoms with E-state index in [0.29, 0.717) is 0 Å². The number of aliphatic hydroxyl groups excluding tert-OH is 2. The van der Waals surface area contributed by atoms with Crippen LogP contribution in [0.4, 0.5) is 4.39 Å². The second kappa shape index (κ2) is 5.26. The molecule has 6 nitrogen and oxygen atoms in total. The van der Waals surface area contributed by atoms with Crippen molar-refractivity contribution in [1.82, 2.24) is 9.55 Å². The fourth-order valence-corrected chi connectivity index (χ4v) is 4.89. The van der Waals surface area contributed by atoms with Gasteiger partial charge in [0.05, 0.1) is 0 Å². The van der Waals surface area contributed by atoms with Crippen LogP contribution >= 0.6 is 15.9 Å². The van der Waals surface area contributed by atoms with Crippen LogP contribution in [0.5, 0.6) is 0 Å². The van der Waals surface area contributed by atoms with Crippen LogP contribution in [-0.2, 0) is 0 Å². The fourth-order valence-electron chi connectivity index (χ4n) is 1.73. The fraction of sp³-hybridized carbons (Fsp3) is 0.556. The first-order valence-electron chi connectivity index (χ1n) is 5.05. The second-order valence-electron chi connectivity index (χ2n) is 3.83. The van der Waals surface area contributed by atoms with Gasteiger partial charge in [-0.3, -0.25) is 0 Å². The Morgan fingerprint density at radius 3 is 2.78 bits per heavy atom. The molecular formula is C9H10BrFN2O4Se. The Labute approximate surface area is 115 Å². The Bertz CT molecular complexity index is 562. The van der Waals surface area contributed by atoms with E-state index >= 15 is 0 Å². The molecule has 0 spiro atoms. The minimum atomic E-state index is -1.63. The van der Waals surface area contributed by atoms with Crippen LogP contribution in [0.1, 0.15) is 4.94 Å². The number of hydrogen-bond acceptors (Lipinski definition) is 4. The molecule has 0 aliphatic carbocycles. The van der Waals surface area contributed by atoms with Crippen molar-refractivity contribution in [2.75, 3.05) is 6.61 Å². The Morgan fingerprint density at radius 2 is 2.22 bits per heavy atom. The van der Waals surface area contributed by atoms with Crippen LogP contribution in [0.25, 0.3) is 0 Å². The van der Waals surface area contributed by atoms with Gasteiger partial charge in [0.15, 0.2) is 0 Å². The molecule has 0 bridgehead atoms. The average molecular weight is 388 g/mol. The number of aromatic nitrogens is 2. The van der Waals surface area contributed by atoms with Gasteiger partial charge in [0.1, 0.15) is 0 Å². The summed E-state index contributed by atoms with van der Waals surface area (Å²) in [7, 11) is 0. The number of aromatic amines is 1. The van der Waals surface area contributed by atoms with Gasteiger partial charge in [-0.15, -0.1) is 0 Å². The van der Waals surface area contributed by atoms with Crippen LogP contribution in [0.3, 0.4) is 0 Å². The molecule has 2 heterocycles. The average Bonchev–Trinajstić information content (AvgIpc) is 2.61. The number of H-pyrrole nitrogens is 1. The third-order valence-electron chi connectivity index (χ3n) is 2.67. The third kappa shape index (κ3) is 2.33. The molecule has 18 heavy (non-hydrogen) atoms. The zero-order valence-electron chi connectivity index (χ0n) is 8.92. The normalized spacial score (nSPS) is 31.8. The quantitative estimate of drug-likeness (QED) is 0.567. The Kier molecular flexibility index (Phi) is 4.08. The predicted molar refractivity (Wildman–Crippen MR) is 65.6 cm³/mol.